The Bertz CT molecular complexity index is 1060. The second-order valence-corrected chi connectivity index (χ2v) is 22.4. The van der Waals surface area contributed by atoms with Crippen LogP contribution < -0.4 is 0 Å². The third-order valence-corrected chi connectivity index (χ3v) is 15.1. The zero-order valence-electron chi connectivity index (χ0n) is 48.5. The lowest BCUT2D eigenvalue weighted by Crippen LogP contribution is -2.30. The molecule has 422 valence electrons. The summed E-state index contributed by atoms with van der Waals surface area (Å²) in [4.78, 5) is 38.3. The second-order valence-electron chi connectivity index (χ2n) is 22.4. The van der Waals surface area contributed by atoms with Crippen molar-refractivity contribution in [1.82, 2.24) is 0 Å². The molecule has 6 nitrogen and oxygen atoms in total. The van der Waals surface area contributed by atoms with Gasteiger partial charge in [-0.05, 0) is 19.3 Å². The number of ether oxygens (including phenoxy) is 3. The van der Waals surface area contributed by atoms with E-state index in [9.17, 15) is 14.4 Å². The van der Waals surface area contributed by atoms with Crippen molar-refractivity contribution in [1.29, 1.82) is 0 Å². The molecule has 0 saturated heterocycles. The smallest absolute Gasteiger partial charge is 0.306 e. The van der Waals surface area contributed by atoms with Gasteiger partial charge in [0.2, 0.25) is 0 Å². The summed E-state index contributed by atoms with van der Waals surface area (Å²) in [5.41, 5.74) is 0. The number of hydrogen-bond acceptors (Lipinski definition) is 6. The van der Waals surface area contributed by atoms with Crippen LogP contribution in [0.3, 0.4) is 0 Å². The first kappa shape index (κ1) is 69.4. The summed E-state index contributed by atoms with van der Waals surface area (Å²) in [5.74, 6) is -0.823. The van der Waals surface area contributed by atoms with Crippen molar-refractivity contribution in [3.63, 3.8) is 0 Å². The van der Waals surface area contributed by atoms with E-state index in [0.29, 0.717) is 19.3 Å². The summed E-state index contributed by atoms with van der Waals surface area (Å²) in [6.45, 7) is 6.74. The van der Waals surface area contributed by atoms with Gasteiger partial charge >= 0.3 is 17.9 Å². The first-order valence-electron chi connectivity index (χ1n) is 32.5. The zero-order valence-corrected chi connectivity index (χ0v) is 48.5. The van der Waals surface area contributed by atoms with Crippen LogP contribution in [-0.4, -0.2) is 37.2 Å². The molecular formula is C65H126O6. The molecule has 0 spiro atoms. The Morgan fingerprint density at radius 3 is 0.563 bits per heavy atom. The quantitative estimate of drug-likeness (QED) is 0.0343. The fraction of sp³-hybridized carbons (Fsp3) is 0.954. The standard InChI is InChI=1S/C65H126O6/c1-4-7-10-13-16-19-22-25-28-31-33-35-38-41-44-47-50-53-56-59-65(68)71-62(60-69-63(66)57-54-51-48-45-42-39-36-30-27-24-21-18-15-12-9-6-3)61-70-64(67)58-55-52-49-46-43-40-37-34-32-29-26-23-20-17-14-11-8-5-2/h62H,4-61H2,1-3H3/t62-/m1/s1. The van der Waals surface area contributed by atoms with Gasteiger partial charge in [-0.2, -0.15) is 0 Å². The zero-order chi connectivity index (χ0) is 51.4. The summed E-state index contributed by atoms with van der Waals surface area (Å²) >= 11 is 0. The molecule has 0 aliphatic heterocycles. The molecule has 0 fully saturated rings. The van der Waals surface area contributed by atoms with Crippen LogP contribution in [0, 0.1) is 0 Å². The summed E-state index contributed by atoms with van der Waals surface area (Å²) in [5, 5.41) is 0. The third-order valence-electron chi connectivity index (χ3n) is 15.1. The van der Waals surface area contributed by atoms with Crippen LogP contribution in [0.1, 0.15) is 380 Å². The predicted molar refractivity (Wildman–Crippen MR) is 307 cm³/mol. The fourth-order valence-corrected chi connectivity index (χ4v) is 10.2. The minimum atomic E-state index is -0.762. The molecule has 0 saturated carbocycles. The van der Waals surface area contributed by atoms with Crippen molar-refractivity contribution in [2.75, 3.05) is 13.2 Å². The Kier molecular flexibility index (Phi) is 59.6. The number of esters is 3. The van der Waals surface area contributed by atoms with E-state index in [-0.39, 0.29) is 31.1 Å². The van der Waals surface area contributed by atoms with Gasteiger partial charge in [0.1, 0.15) is 13.2 Å². The highest BCUT2D eigenvalue weighted by Crippen LogP contribution is 2.19. The topological polar surface area (TPSA) is 78.9 Å². The molecular weight excluding hydrogens is 877 g/mol. The average molecular weight is 1000 g/mol. The first-order valence-corrected chi connectivity index (χ1v) is 32.5. The van der Waals surface area contributed by atoms with E-state index in [0.717, 1.165) is 57.8 Å². The van der Waals surface area contributed by atoms with Crippen LogP contribution in [0.5, 0.6) is 0 Å². The number of rotatable bonds is 61. The maximum atomic E-state index is 12.9. The normalized spacial score (nSPS) is 11.9. The Labute approximate surface area is 444 Å². The predicted octanol–water partition coefficient (Wildman–Crippen LogP) is 21.9. The molecule has 1 atom stereocenters. The molecule has 0 bridgehead atoms. The summed E-state index contributed by atoms with van der Waals surface area (Å²) < 4.78 is 17.0. The van der Waals surface area contributed by atoms with E-state index in [1.54, 1.807) is 0 Å². The molecule has 6 heteroatoms. The van der Waals surface area contributed by atoms with E-state index in [1.165, 1.54) is 283 Å². The lowest BCUT2D eigenvalue weighted by atomic mass is 10.0. The van der Waals surface area contributed by atoms with Crippen LogP contribution in [0.15, 0.2) is 0 Å². The van der Waals surface area contributed by atoms with Crippen molar-refractivity contribution < 1.29 is 28.6 Å². The minimum Gasteiger partial charge on any atom is -0.462 e. The molecule has 0 N–H and O–H groups in total. The van der Waals surface area contributed by atoms with Gasteiger partial charge in [0.25, 0.3) is 0 Å². The number of carbonyl (C=O) groups excluding carboxylic acids is 3. The molecule has 71 heavy (non-hydrogen) atoms. The van der Waals surface area contributed by atoms with Gasteiger partial charge in [0.15, 0.2) is 6.10 Å². The minimum absolute atomic E-state index is 0.0604. The molecule has 0 unspecified atom stereocenters. The van der Waals surface area contributed by atoms with Gasteiger partial charge in [-0.15, -0.1) is 0 Å². The lowest BCUT2D eigenvalue weighted by molar-refractivity contribution is -0.167. The van der Waals surface area contributed by atoms with Crippen molar-refractivity contribution in [2.45, 2.75) is 386 Å². The highest BCUT2D eigenvalue weighted by molar-refractivity contribution is 5.71. The van der Waals surface area contributed by atoms with Crippen LogP contribution in [0.25, 0.3) is 0 Å². The van der Waals surface area contributed by atoms with E-state index >= 15 is 0 Å². The molecule has 0 heterocycles. The van der Waals surface area contributed by atoms with Crippen molar-refractivity contribution in [2.24, 2.45) is 0 Å². The molecule has 0 aromatic rings. The number of hydrogen-bond donors (Lipinski definition) is 0. The van der Waals surface area contributed by atoms with Gasteiger partial charge < -0.3 is 14.2 Å². The number of carbonyl (C=O) groups is 3. The SMILES string of the molecule is CCCCCCCCCCCCCCCCCCCCCC(=O)O[C@H](COC(=O)CCCCCCCCCCCCCCCCCC)COC(=O)CCCCCCCCCCCCCCCCCCCC. The lowest BCUT2D eigenvalue weighted by Gasteiger charge is -2.18. The Morgan fingerprint density at radius 1 is 0.225 bits per heavy atom. The molecule has 0 aromatic heterocycles. The molecule has 0 radical (unpaired) electrons. The van der Waals surface area contributed by atoms with Gasteiger partial charge in [-0.3, -0.25) is 14.4 Å². The monoisotopic (exact) mass is 1000 g/mol. The van der Waals surface area contributed by atoms with Crippen molar-refractivity contribution >= 4 is 17.9 Å². The highest BCUT2D eigenvalue weighted by atomic mass is 16.6. The molecule has 0 aliphatic carbocycles. The fourth-order valence-electron chi connectivity index (χ4n) is 10.2. The highest BCUT2D eigenvalue weighted by Gasteiger charge is 2.19. The second kappa shape index (κ2) is 61.0. The van der Waals surface area contributed by atoms with Crippen LogP contribution in [-0.2, 0) is 28.6 Å². The van der Waals surface area contributed by atoms with E-state index in [1.807, 2.05) is 0 Å². The van der Waals surface area contributed by atoms with E-state index in [2.05, 4.69) is 20.8 Å². The molecule has 0 aromatic carbocycles. The van der Waals surface area contributed by atoms with Crippen LogP contribution in [0.4, 0.5) is 0 Å². The summed E-state index contributed by atoms with van der Waals surface area (Å²) in [7, 11) is 0. The third kappa shape index (κ3) is 59.2. The van der Waals surface area contributed by atoms with Crippen LogP contribution in [0.2, 0.25) is 0 Å². The average Bonchev–Trinajstić information content (AvgIpc) is 3.37. The van der Waals surface area contributed by atoms with Gasteiger partial charge in [0, 0.05) is 19.3 Å². The van der Waals surface area contributed by atoms with Gasteiger partial charge in [0.05, 0.1) is 0 Å². The van der Waals surface area contributed by atoms with Crippen molar-refractivity contribution in [3.05, 3.63) is 0 Å². The first-order chi connectivity index (χ1) is 35.0. The van der Waals surface area contributed by atoms with Gasteiger partial charge in [-0.25, -0.2) is 0 Å². The van der Waals surface area contributed by atoms with Crippen LogP contribution >= 0.6 is 0 Å². The van der Waals surface area contributed by atoms with E-state index in [4.69, 9.17) is 14.2 Å². The number of unbranched alkanes of at least 4 members (excludes halogenated alkanes) is 50. The Morgan fingerprint density at radius 2 is 0.380 bits per heavy atom. The maximum absolute atomic E-state index is 12.9. The largest absolute Gasteiger partial charge is 0.462 e. The molecule has 0 amide bonds. The Balaban J connectivity index is 4.28. The Hall–Kier alpha value is -1.59. The van der Waals surface area contributed by atoms with Crippen molar-refractivity contribution in [3.8, 4) is 0 Å². The molecule has 0 rings (SSSR count). The van der Waals surface area contributed by atoms with E-state index < -0.39 is 6.10 Å². The summed E-state index contributed by atoms with van der Waals surface area (Å²) in [6.07, 6.45) is 69.6. The van der Waals surface area contributed by atoms with Gasteiger partial charge in [-0.1, -0.05) is 342 Å². The molecule has 0 aliphatic rings. The summed E-state index contributed by atoms with van der Waals surface area (Å²) in [6, 6.07) is 0. The maximum Gasteiger partial charge on any atom is 0.306 e.